The molecule has 1 unspecified atom stereocenters. The van der Waals surface area contributed by atoms with Crippen LogP contribution >= 0.6 is 0 Å². The van der Waals surface area contributed by atoms with Gasteiger partial charge in [-0.3, -0.25) is 0 Å². The zero-order chi connectivity index (χ0) is 13.4. The van der Waals surface area contributed by atoms with Crippen molar-refractivity contribution in [1.29, 1.82) is 0 Å². The molecule has 0 radical (unpaired) electrons. The van der Waals surface area contributed by atoms with E-state index in [1.165, 1.54) is 18.4 Å². The maximum absolute atomic E-state index is 6.19. The molecule has 1 atom stereocenters. The summed E-state index contributed by atoms with van der Waals surface area (Å²) in [5.74, 6) is 2.37. The normalized spacial score (nSPS) is 17.1. The first-order chi connectivity index (χ1) is 9.13. The van der Waals surface area contributed by atoms with E-state index in [0.717, 1.165) is 5.82 Å². The summed E-state index contributed by atoms with van der Waals surface area (Å²) in [6.45, 7) is 4.71. The van der Waals surface area contributed by atoms with Gasteiger partial charge in [-0.25, -0.2) is 0 Å². The van der Waals surface area contributed by atoms with E-state index in [-0.39, 0.29) is 6.04 Å². The van der Waals surface area contributed by atoms with E-state index in [1.54, 1.807) is 0 Å². The van der Waals surface area contributed by atoms with Gasteiger partial charge in [0.1, 0.15) is 6.54 Å². The van der Waals surface area contributed by atoms with Gasteiger partial charge in [0.2, 0.25) is 5.89 Å². The first-order valence-electron chi connectivity index (χ1n) is 6.87. The molecule has 0 spiro atoms. The Morgan fingerprint density at radius 3 is 2.89 bits per heavy atom. The van der Waals surface area contributed by atoms with Crippen LogP contribution in [0.3, 0.4) is 0 Å². The molecule has 2 aromatic heterocycles. The molecule has 1 aliphatic carbocycles. The Hall–Kier alpha value is -1.62. The van der Waals surface area contributed by atoms with Crippen LogP contribution in [0.15, 0.2) is 23.0 Å². The van der Waals surface area contributed by atoms with Gasteiger partial charge in [0.25, 0.3) is 0 Å². The highest BCUT2D eigenvalue weighted by molar-refractivity contribution is 5.18. The van der Waals surface area contributed by atoms with Crippen LogP contribution in [0.1, 0.15) is 55.9 Å². The largest absolute Gasteiger partial charge is 0.345 e. The minimum atomic E-state index is 0.176. The third-order valence-electron chi connectivity index (χ3n) is 3.61. The van der Waals surface area contributed by atoms with E-state index in [0.29, 0.717) is 24.3 Å². The van der Waals surface area contributed by atoms with E-state index in [9.17, 15) is 0 Å². The van der Waals surface area contributed by atoms with E-state index >= 15 is 0 Å². The molecule has 0 aliphatic heterocycles. The number of nitrogens with two attached hydrogens (primary N) is 1. The van der Waals surface area contributed by atoms with Crippen molar-refractivity contribution >= 4 is 0 Å². The average Bonchev–Trinajstić information content (AvgIpc) is 2.94. The van der Waals surface area contributed by atoms with Crippen LogP contribution in [-0.2, 0) is 6.54 Å². The van der Waals surface area contributed by atoms with Gasteiger partial charge < -0.3 is 14.8 Å². The molecule has 1 aliphatic rings. The molecule has 5 heteroatoms. The van der Waals surface area contributed by atoms with Crippen LogP contribution in [0.5, 0.6) is 0 Å². The Morgan fingerprint density at radius 1 is 1.47 bits per heavy atom. The fourth-order valence-electron chi connectivity index (χ4n) is 2.21. The fraction of sp³-hybridized carbons (Fsp3) is 0.571. The van der Waals surface area contributed by atoms with Gasteiger partial charge in [0, 0.05) is 24.4 Å². The zero-order valence-electron chi connectivity index (χ0n) is 11.4. The summed E-state index contributed by atoms with van der Waals surface area (Å²) in [6.07, 6.45) is 6.63. The van der Waals surface area contributed by atoms with Gasteiger partial charge in [-0.1, -0.05) is 19.0 Å². The molecule has 0 bridgehead atoms. The number of aromatic nitrogens is 3. The Kier molecular flexibility index (Phi) is 3.14. The van der Waals surface area contributed by atoms with Crippen LogP contribution in [0.2, 0.25) is 0 Å². The monoisotopic (exact) mass is 260 g/mol. The van der Waals surface area contributed by atoms with Gasteiger partial charge in [0.05, 0.1) is 0 Å². The lowest BCUT2D eigenvalue weighted by atomic mass is 10.1. The molecule has 102 valence electrons. The molecule has 2 N–H and O–H groups in total. The molecular weight excluding hydrogens is 240 g/mol. The smallest absolute Gasteiger partial charge is 0.246 e. The lowest BCUT2D eigenvalue weighted by Crippen LogP contribution is -2.11. The summed E-state index contributed by atoms with van der Waals surface area (Å²) in [7, 11) is 0. The van der Waals surface area contributed by atoms with E-state index < -0.39 is 0 Å². The predicted molar refractivity (Wildman–Crippen MR) is 71.6 cm³/mol. The van der Waals surface area contributed by atoms with Crippen molar-refractivity contribution in [2.24, 2.45) is 11.7 Å². The van der Waals surface area contributed by atoms with E-state index in [4.69, 9.17) is 10.3 Å². The molecule has 2 aromatic rings. The SMILES string of the molecule is CC(C)c1noc(Cn2ccc(C(N)C3CC3)c2)n1. The quantitative estimate of drug-likeness (QED) is 0.896. The fourth-order valence-corrected chi connectivity index (χ4v) is 2.21. The summed E-state index contributed by atoms with van der Waals surface area (Å²) in [6, 6.07) is 2.26. The maximum Gasteiger partial charge on any atom is 0.246 e. The average molecular weight is 260 g/mol. The minimum absolute atomic E-state index is 0.176. The van der Waals surface area contributed by atoms with Gasteiger partial charge in [-0.15, -0.1) is 0 Å². The van der Waals surface area contributed by atoms with Crippen LogP contribution in [-0.4, -0.2) is 14.7 Å². The van der Waals surface area contributed by atoms with Crippen molar-refractivity contribution in [3.63, 3.8) is 0 Å². The summed E-state index contributed by atoms with van der Waals surface area (Å²) in [4.78, 5) is 4.38. The van der Waals surface area contributed by atoms with Gasteiger partial charge in [0.15, 0.2) is 5.82 Å². The van der Waals surface area contributed by atoms with Crippen molar-refractivity contribution in [3.8, 4) is 0 Å². The lowest BCUT2D eigenvalue weighted by Gasteiger charge is -2.06. The third-order valence-corrected chi connectivity index (χ3v) is 3.61. The second kappa shape index (κ2) is 4.81. The highest BCUT2D eigenvalue weighted by Gasteiger charge is 2.29. The molecule has 19 heavy (non-hydrogen) atoms. The number of hydrogen-bond donors (Lipinski definition) is 1. The van der Waals surface area contributed by atoms with Gasteiger partial charge in [-0.2, -0.15) is 4.98 Å². The molecule has 5 nitrogen and oxygen atoms in total. The molecule has 2 heterocycles. The predicted octanol–water partition coefficient (Wildman–Crippen LogP) is 2.45. The Balaban J connectivity index is 1.68. The van der Waals surface area contributed by atoms with Crippen molar-refractivity contribution < 1.29 is 4.52 Å². The standard InChI is InChI=1S/C14H20N4O/c1-9(2)14-16-12(19-17-14)8-18-6-5-11(7-18)13(15)10-3-4-10/h5-7,9-10,13H,3-4,8,15H2,1-2H3. The van der Waals surface area contributed by atoms with Crippen molar-refractivity contribution in [3.05, 3.63) is 35.7 Å². The first kappa shape index (κ1) is 12.4. The summed E-state index contributed by atoms with van der Waals surface area (Å²) in [5.41, 5.74) is 7.39. The second-order valence-corrected chi connectivity index (χ2v) is 5.68. The summed E-state index contributed by atoms with van der Waals surface area (Å²) < 4.78 is 7.30. The number of hydrogen-bond acceptors (Lipinski definition) is 4. The summed E-state index contributed by atoms with van der Waals surface area (Å²) in [5, 5.41) is 3.97. The van der Waals surface area contributed by atoms with Crippen LogP contribution < -0.4 is 5.73 Å². The highest BCUT2D eigenvalue weighted by Crippen LogP contribution is 2.39. The first-order valence-corrected chi connectivity index (χ1v) is 6.87. The van der Waals surface area contributed by atoms with E-state index in [2.05, 4.69) is 40.8 Å². The molecular formula is C14H20N4O. The number of rotatable bonds is 5. The highest BCUT2D eigenvalue weighted by atomic mass is 16.5. The Labute approximate surface area is 112 Å². The third kappa shape index (κ3) is 2.71. The van der Waals surface area contributed by atoms with Crippen LogP contribution in [0.4, 0.5) is 0 Å². The summed E-state index contributed by atoms with van der Waals surface area (Å²) >= 11 is 0. The zero-order valence-corrected chi connectivity index (χ0v) is 11.4. The van der Waals surface area contributed by atoms with Crippen LogP contribution in [0.25, 0.3) is 0 Å². The van der Waals surface area contributed by atoms with Crippen molar-refractivity contribution in [2.45, 2.75) is 45.2 Å². The molecule has 1 fully saturated rings. The topological polar surface area (TPSA) is 69.9 Å². The van der Waals surface area contributed by atoms with Crippen molar-refractivity contribution in [1.82, 2.24) is 14.7 Å². The molecule has 0 saturated heterocycles. The molecule has 3 rings (SSSR count). The number of nitrogens with zero attached hydrogens (tertiary/aromatic N) is 3. The minimum Gasteiger partial charge on any atom is -0.345 e. The van der Waals surface area contributed by atoms with Crippen molar-refractivity contribution in [2.75, 3.05) is 0 Å². The van der Waals surface area contributed by atoms with Crippen LogP contribution in [0, 0.1) is 5.92 Å². The second-order valence-electron chi connectivity index (χ2n) is 5.68. The van der Waals surface area contributed by atoms with Gasteiger partial charge in [-0.05, 0) is 30.4 Å². The molecule has 0 aromatic carbocycles. The Morgan fingerprint density at radius 2 is 2.26 bits per heavy atom. The molecule has 0 amide bonds. The van der Waals surface area contributed by atoms with Gasteiger partial charge >= 0.3 is 0 Å². The lowest BCUT2D eigenvalue weighted by molar-refractivity contribution is 0.364. The molecule has 1 saturated carbocycles. The Bertz CT molecular complexity index is 553. The maximum atomic E-state index is 6.19. The van der Waals surface area contributed by atoms with E-state index in [1.807, 2.05) is 6.20 Å².